The third kappa shape index (κ3) is 75.5. The lowest BCUT2D eigenvalue weighted by Crippen LogP contribution is -2.45. The van der Waals surface area contributed by atoms with Crippen LogP contribution in [0.15, 0.2) is 12.2 Å². The molecule has 6 nitrogen and oxygen atoms in total. The van der Waals surface area contributed by atoms with Gasteiger partial charge in [-0.25, -0.2) is 0 Å². The summed E-state index contributed by atoms with van der Waals surface area (Å²) < 4.78 is 5.52. The molecule has 2 unspecified atom stereocenters. The number of aliphatic hydroxyl groups is 2. The van der Waals surface area contributed by atoms with Crippen molar-refractivity contribution in [1.29, 1.82) is 0 Å². The van der Waals surface area contributed by atoms with Gasteiger partial charge in [-0.1, -0.05) is 450 Å². The molecule has 0 saturated carbocycles. The molecule has 6 heteroatoms. The minimum absolute atomic E-state index is 0.0279. The lowest BCUT2D eigenvalue weighted by molar-refractivity contribution is -0.143. The zero-order valence-electron chi connectivity index (χ0n) is 61.0. The van der Waals surface area contributed by atoms with E-state index in [2.05, 4.69) is 19.2 Å². The quantitative estimate of drug-likeness (QED) is 0.0320. The molecule has 0 spiro atoms. The first-order chi connectivity index (χ1) is 44.0. The highest BCUT2D eigenvalue weighted by molar-refractivity contribution is 5.76. The SMILES string of the molecule is CCCCCCCCCCCCCCCCCCC/C=C/C(O)C(CO)NC(=O)CCCCCCCCCCCCCCCCCCCCCCCCCCCCCCCCCCCCCCCOC(=O)CCCCCCCCCCCCCCCCCC. The molecule has 89 heavy (non-hydrogen) atoms. The number of carbonyl (C=O) groups is 2. The summed E-state index contributed by atoms with van der Waals surface area (Å²) in [7, 11) is 0. The summed E-state index contributed by atoms with van der Waals surface area (Å²) >= 11 is 0. The Hall–Kier alpha value is -1.40. The summed E-state index contributed by atoms with van der Waals surface area (Å²) in [5.41, 5.74) is 0. The van der Waals surface area contributed by atoms with E-state index in [1.807, 2.05) is 6.08 Å². The van der Waals surface area contributed by atoms with Crippen LogP contribution in [-0.2, 0) is 14.3 Å². The fraction of sp³-hybridized carbons (Fsp3) is 0.952. The van der Waals surface area contributed by atoms with Gasteiger partial charge in [-0.2, -0.15) is 0 Å². The molecule has 0 heterocycles. The predicted octanol–water partition coefficient (Wildman–Crippen LogP) is 27.4. The molecule has 0 aliphatic heterocycles. The number of carbonyl (C=O) groups excluding carboxylic acids is 2. The summed E-state index contributed by atoms with van der Waals surface area (Å²) in [5.74, 6) is -0.0294. The van der Waals surface area contributed by atoms with E-state index in [1.54, 1.807) is 6.08 Å². The van der Waals surface area contributed by atoms with E-state index in [1.165, 1.54) is 417 Å². The van der Waals surface area contributed by atoms with E-state index >= 15 is 0 Å². The molecule has 0 aromatic rings. The third-order valence-corrected chi connectivity index (χ3v) is 19.8. The highest BCUT2D eigenvalue weighted by Gasteiger charge is 2.18. The van der Waals surface area contributed by atoms with E-state index in [0.717, 1.165) is 38.5 Å². The average molecular weight is 1260 g/mol. The molecule has 1 amide bonds. The normalized spacial score (nSPS) is 12.4. The molecule has 530 valence electrons. The van der Waals surface area contributed by atoms with Gasteiger partial charge in [0.15, 0.2) is 0 Å². The predicted molar refractivity (Wildman–Crippen MR) is 394 cm³/mol. The van der Waals surface area contributed by atoms with Gasteiger partial charge in [0.1, 0.15) is 0 Å². The van der Waals surface area contributed by atoms with Crippen molar-refractivity contribution in [2.45, 2.75) is 495 Å². The van der Waals surface area contributed by atoms with Crippen LogP contribution in [0.5, 0.6) is 0 Å². The number of esters is 1. The van der Waals surface area contributed by atoms with Crippen molar-refractivity contribution >= 4 is 11.9 Å². The Labute approximate surface area is 559 Å². The van der Waals surface area contributed by atoms with Crippen LogP contribution in [0.25, 0.3) is 0 Å². The number of allylic oxidation sites excluding steroid dienone is 1. The van der Waals surface area contributed by atoms with Crippen LogP contribution in [0, 0.1) is 0 Å². The van der Waals surface area contributed by atoms with Gasteiger partial charge in [0.2, 0.25) is 5.91 Å². The number of unbranched alkanes of at least 4 members (excludes halogenated alkanes) is 68. The molecule has 0 aliphatic carbocycles. The number of ether oxygens (including phenoxy) is 1. The van der Waals surface area contributed by atoms with Crippen molar-refractivity contribution < 1.29 is 24.5 Å². The standard InChI is InChI=1S/C83H163NO5/c1-3-5-7-9-11-13-15-17-19-21-41-44-47-51-55-59-63-67-71-75-81(86)80(79-85)84-82(87)76-72-68-64-60-56-52-48-45-42-39-37-35-33-31-29-27-25-23-22-24-26-28-30-32-34-36-38-40-43-46-50-54-58-62-66-70-74-78-89-83(88)77-73-69-65-61-57-53-49-20-18-16-14-12-10-8-6-4-2/h71,75,80-81,85-86H,3-70,72-74,76-79H2,1-2H3,(H,84,87)/b75-71+. The van der Waals surface area contributed by atoms with E-state index in [9.17, 15) is 19.8 Å². The highest BCUT2D eigenvalue weighted by Crippen LogP contribution is 2.21. The zero-order valence-corrected chi connectivity index (χ0v) is 61.0. The molecule has 0 fully saturated rings. The van der Waals surface area contributed by atoms with Crippen molar-refractivity contribution in [3.63, 3.8) is 0 Å². The van der Waals surface area contributed by atoms with Crippen molar-refractivity contribution in [3.05, 3.63) is 12.2 Å². The maximum Gasteiger partial charge on any atom is 0.305 e. The van der Waals surface area contributed by atoms with Gasteiger partial charge in [0.05, 0.1) is 25.4 Å². The zero-order chi connectivity index (χ0) is 64.2. The van der Waals surface area contributed by atoms with E-state index < -0.39 is 12.1 Å². The molecule has 0 aliphatic rings. The maximum atomic E-state index is 12.5. The van der Waals surface area contributed by atoms with Gasteiger partial charge >= 0.3 is 5.97 Å². The fourth-order valence-electron chi connectivity index (χ4n) is 13.5. The lowest BCUT2D eigenvalue weighted by Gasteiger charge is -2.20. The first kappa shape index (κ1) is 87.6. The number of hydrogen-bond donors (Lipinski definition) is 3. The molecule has 3 N–H and O–H groups in total. The van der Waals surface area contributed by atoms with Crippen LogP contribution >= 0.6 is 0 Å². The topological polar surface area (TPSA) is 95.9 Å². The van der Waals surface area contributed by atoms with Crippen molar-refractivity contribution in [2.24, 2.45) is 0 Å². The van der Waals surface area contributed by atoms with E-state index in [4.69, 9.17) is 4.74 Å². The third-order valence-electron chi connectivity index (χ3n) is 19.8. The number of rotatable bonds is 79. The summed E-state index contributed by atoms with van der Waals surface area (Å²) in [5, 5.41) is 23.3. The first-order valence-electron chi connectivity index (χ1n) is 41.5. The Morgan fingerprint density at radius 3 is 0.764 bits per heavy atom. The molecular formula is C83H163NO5. The molecule has 0 aromatic heterocycles. The van der Waals surface area contributed by atoms with Gasteiger partial charge in [-0.05, 0) is 32.1 Å². The molecular weight excluding hydrogens is 1090 g/mol. The van der Waals surface area contributed by atoms with Crippen LogP contribution in [-0.4, -0.2) is 47.4 Å². The number of nitrogens with one attached hydrogen (secondary N) is 1. The summed E-state index contributed by atoms with van der Waals surface area (Å²) in [6.07, 6.45) is 101. The van der Waals surface area contributed by atoms with Crippen molar-refractivity contribution in [3.8, 4) is 0 Å². The van der Waals surface area contributed by atoms with Crippen LogP contribution < -0.4 is 5.32 Å². The van der Waals surface area contributed by atoms with Crippen LogP contribution in [0.4, 0.5) is 0 Å². The molecule has 0 radical (unpaired) electrons. The van der Waals surface area contributed by atoms with Crippen molar-refractivity contribution in [2.75, 3.05) is 13.2 Å². The second-order valence-corrected chi connectivity index (χ2v) is 28.8. The first-order valence-corrected chi connectivity index (χ1v) is 41.5. The average Bonchev–Trinajstić information content (AvgIpc) is 3.59. The van der Waals surface area contributed by atoms with E-state index in [-0.39, 0.29) is 18.5 Å². The molecule has 0 bridgehead atoms. The minimum Gasteiger partial charge on any atom is -0.466 e. The second kappa shape index (κ2) is 79.0. The Morgan fingerprint density at radius 1 is 0.303 bits per heavy atom. The Balaban J connectivity index is 3.30. The van der Waals surface area contributed by atoms with Gasteiger partial charge in [0, 0.05) is 12.8 Å². The smallest absolute Gasteiger partial charge is 0.305 e. The number of aliphatic hydroxyl groups excluding tert-OH is 2. The lowest BCUT2D eigenvalue weighted by atomic mass is 10.0. The molecule has 0 saturated heterocycles. The van der Waals surface area contributed by atoms with Gasteiger partial charge < -0.3 is 20.3 Å². The van der Waals surface area contributed by atoms with Gasteiger partial charge in [-0.15, -0.1) is 0 Å². The maximum absolute atomic E-state index is 12.5. The number of hydrogen-bond acceptors (Lipinski definition) is 5. The van der Waals surface area contributed by atoms with Crippen molar-refractivity contribution in [1.82, 2.24) is 5.32 Å². The van der Waals surface area contributed by atoms with E-state index in [0.29, 0.717) is 19.4 Å². The number of amides is 1. The second-order valence-electron chi connectivity index (χ2n) is 28.8. The Morgan fingerprint density at radius 2 is 0.517 bits per heavy atom. The summed E-state index contributed by atoms with van der Waals surface area (Å²) in [6, 6.07) is -0.623. The molecule has 2 atom stereocenters. The van der Waals surface area contributed by atoms with Crippen LogP contribution in [0.2, 0.25) is 0 Å². The summed E-state index contributed by atoms with van der Waals surface area (Å²) in [4.78, 5) is 24.6. The Kier molecular flexibility index (Phi) is 77.8. The fourth-order valence-corrected chi connectivity index (χ4v) is 13.5. The van der Waals surface area contributed by atoms with Gasteiger partial charge in [-0.3, -0.25) is 9.59 Å². The van der Waals surface area contributed by atoms with Crippen LogP contribution in [0.1, 0.15) is 483 Å². The van der Waals surface area contributed by atoms with Gasteiger partial charge in [0.25, 0.3) is 0 Å². The highest BCUT2D eigenvalue weighted by atomic mass is 16.5. The molecule has 0 aromatic carbocycles. The summed E-state index contributed by atoms with van der Waals surface area (Å²) in [6.45, 7) is 4.97. The Bertz CT molecular complexity index is 1350. The molecule has 0 rings (SSSR count). The monoisotopic (exact) mass is 1250 g/mol. The van der Waals surface area contributed by atoms with Crippen LogP contribution in [0.3, 0.4) is 0 Å². The minimum atomic E-state index is -0.841. The largest absolute Gasteiger partial charge is 0.466 e.